The highest BCUT2D eigenvalue weighted by Gasteiger charge is 2.33. The average Bonchev–Trinajstić information content (AvgIpc) is 3.31. The second kappa shape index (κ2) is 9.70. The van der Waals surface area contributed by atoms with E-state index in [1.807, 2.05) is 77.5 Å². The normalized spacial score (nSPS) is 13.1. The predicted octanol–water partition coefficient (Wildman–Crippen LogP) is 6.42. The standard InChI is InChI=1S/C28H29ClN2O3S/c1-27(2,23-11-6-7-12-24(23)29)26-30-25(28(3,4)32)18-31(26)21-15-13-19(14-16-21)20-9-8-10-22(17-20)35(33)34-5/h6-18,32H,1-5H3. The summed E-state index contributed by atoms with van der Waals surface area (Å²) < 4.78 is 19.0. The summed E-state index contributed by atoms with van der Waals surface area (Å²) in [5.74, 6) is 0.771. The summed E-state index contributed by atoms with van der Waals surface area (Å²) in [6.07, 6.45) is 1.88. The molecule has 0 aliphatic carbocycles. The first-order chi connectivity index (χ1) is 16.5. The Balaban J connectivity index is 1.80. The summed E-state index contributed by atoms with van der Waals surface area (Å²) in [5, 5.41) is 11.4. The highest BCUT2D eigenvalue weighted by molar-refractivity contribution is 7.80. The first-order valence-corrected chi connectivity index (χ1v) is 12.7. The van der Waals surface area contributed by atoms with Crippen LogP contribution in [0.25, 0.3) is 16.8 Å². The summed E-state index contributed by atoms with van der Waals surface area (Å²) in [7, 11) is 1.42. The number of hydrogen-bond donors (Lipinski definition) is 1. The van der Waals surface area contributed by atoms with Gasteiger partial charge in [0.2, 0.25) is 0 Å². The smallest absolute Gasteiger partial charge is 0.188 e. The molecule has 0 fully saturated rings. The molecule has 0 aliphatic rings. The molecule has 0 spiro atoms. The summed E-state index contributed by atoms with van der Waals surface area (Å²) in [5.41, 5.74) is 2.73. The number of nitrogens with zero attached hydrogens (tertiary/aromatic N) is 2. The molecule has 0 saturated heterocycles. The summed E-state index contributed by atoms with van der Waals surface area (Å²) >= 11 is 5.08. The summed E-state index contributed by atoms with van der Waals surface area (Å²) in [6.45, 7) is 7.62. The van der Waals surface area contributed by atoms with Gasteiger partial charge in [0.1, 0.15) is 11.4 Å². The van der Waals surface area contributed by atoms with Crippen LogP contribution in [0.4, 0.5) is 0 Å². The molecule has 182 valence electrons. The Bertz CT molecular complexity index is 1370. The van der Waals surface area contributed by atoms with Crippen molar-refractivity contribution in [3.8, 4) is 16.8 Å². The molecule has 35 heavy (non-hydrogen) atoms. The van der Waals surface area contributed by atoms with Gasteiger partial charge in [0.05, 0.1) is 17.7 Å². The van der Waals surface area contributed by atoms with Crippen LogP contribution >= 0.6 is 11.6 Å². The van der Waals surface area contributed by atoms with Gasteiger partial charge in [-0.3, -0.25) is 4.18 Å². The van der Waals surface area contributed by atoms with Crippen molar-refractivity contribution in [3.63, 3.8) is 0 Å². The first-order valence-electron chi connectivity index (χ1n) is 11.3. The molecule has 7 heteroatoms. The van der Waals surface area contributed by atoms with Gasteiger partial charge < -0.3 is 9.67 Å². The number of rotatable bonds is 7. The number of benzene rings is 3. The van der Waals surface area contributed by atoms with E-state index in [-0.39, 0.29) is 0 Å². The zero-order chi connectivity index (χ0) is 25.4. The molecule has 4 aromatic rings. The van der Waals surface area contributed by atoms with Crippen molar-refractivity contribution in [2.45, 2.75) is 43.6 Å². The average molecular weight is 509 g/mol. The number of hydrogen-bond acceptors (Lipinski definition) is 4. The van der Waals surface area contributed by atoms with Crippen LogP contribution in [0.5, 0.6) is 0 Å². The van der Waals surface area contributed by atoms with Crippen molar-refractivity contribution in [1.29, 1.82) is 0 Å². The van der Waals surface area contributed by atoms with E-state index in [0.29, 0.717) is 15.6 Å². The maximum atomic E-state index is 12.0. The molecule has 1 unspecified atom stereocenters. The van der Waals surface area contributed by atoms with Crippen molar-refractivity contribution < 1.29 is 13.5 Å². The van der Waals surface area contributed by atoms with Crippen molar-refractivity contribution >= 4 is 22.7 Å². The zero-order valence-corrected chi connectivity index (χ0v) is 22.0. The van der Waals surface area contributed by atoms with E-state index in [4.69, 9.17) is 20.8 Å². The number of aliphatic hydroxyl groups is 1. The highest BCUT2D eigenvalue weighted by atomic mass is 35.5. The Morgan fingerprint density at radius 2 is 1.63 bits per heavy atom. The molecule has 5 nitrogen and oxygen atoms in total. The molecule has 3 aromatic carbocycles. The third-order valence-electron chi connectivity index (χ3n) is 6.10. The molecule has 0 amide bonds. The molecule has 1 aromatic heterocycles. The second-order valence-corrected chi connectivity index (χ2v) is 11.1. The monoisotopic (exact) mass is 508 g/mol. The van der Waals surface area contributed by atoms with Crippen LogP contribution in [0.3, 0.4) is 0 Å². The third-order valence-corrected chi connectivity index (χ3v) is 7.37. The van der Waals surface area contributed by atoms with E-state index < -0.39 is 22.1 Å². The van der Waals surface area contributed by atoms with Gasteiger partial charge in [0.15, 0.2) is 11.1 Å². The van der Waals surface area contributed by atoms with Crippen LogP contribution in [0.15, 0.2) is 83.9 Å². The van der Waals surface area contributed by atoms with Gasteiger partial charge in [-0.25, -0.2) is 9.19 Å². The van der Waals surface area contributed by atoms with Crippen molar-refractivity contribution in [2.24, 2.45) is 0 Å². The van der Waals surface area contributed by atoms with Crippen LogP contribution in [0.1, 0.15) is 44.8 Å². The highest BCUT2D eigenvalue weighted by Crippen LogP contribution is 2.37. The minimum absolute atomic E-state index is 0.529. The minimum Gasteiger partial charge on any atom is -0.384 e. The second-order valence-electron chi connectivity index (χ2n) is 9.46. The molecule has 4 rings (SSSR count). The molecule has 1 heterocycles. The summed E-state index contributed by atoms with van der Waals surface area (Å²) in [6, 6.07) is 23.3. The number of imidazole rings is 1. The van der Waals surface area contributed by atoms with Gasteiger partial charge in [0, 0.05) is 22.3 Å². The van der Waals surface area contributed by atoms with Gasteiger partial charge in [0.25, 0.3) is 0 Å². The van der Waals surface area contributed by atoms with Crippen LogP contribution in [0, 0.1) is 0 Å². The zero-order valence-electron chi connectivity index (χ0n) is 20.4. The fourth-order valence-corrected chi connectivity index (χ4v) is 5.07. The summed E-state index contributed by atoms with van der Waals surface area (Å²) in [4.78, 5) is 5.49. The first kappa shape index (κ1) is 25.3. The van der Waals surface area contributed by atoms with Gasteiger partial charge in [-0.2, -0.15) is 0 Å². The lowest BCUT2D eigenvalue weighted by Crippen LogP contribution is -2.25. The van der Waals surface area contributed by atoms with Crippen molar-refractivity contribution in [1.82, 2.24) is 9.55 Å². The van der Waals surface area contributed by atoms with E-state index in [1.54, 1.807) is 19.9 Å². The Morgan fingerprint density at radius 1 is 0.943 bits per heavy atom. The van der Waals surface area contributed by atoms with Crippen LogP contribution in [-0.4, -0.2) is 26.0 Å². The van der Waals surface area contributed by atoms with Crippen LogP contribution in [-0.2, 0) is 26.3 Å². The van der Waals surface area contributed by atoms with Crippen LogP contribution < -0.4 is 0 Å². The van der Waals surface area contributed by atoms with Crippen molar-refractivity contribution in [3.05, 3.63) is 101 Å². The lowest BCUT2D eigenvalue weighted by Gasteiger charge is -2.27. The molecule has 0 bridgehead atoms. The largest absolute Gasteiger partial charge is 0.384 e. The van der Waals surface area contributed by atoms with E-state index in [9.17, 15) is 9.32 Å². The Hall–Kier alpha value is -2.77. The molecular weight excluding hydrogens is 480 g/mol. The van der Waals surface area contributed by atoms with E-state index >= 15 is 0 Å². The fraction of sp³-hybridized carbons (Fsp3) is 0.250. The van der Waals surface area contributed by atoms with E-state index in [0.717, 1.165) is 28.2 Å². The van der Waals surface area contributed by atoms with Crippen molar-refractivity contribution in [2.75, 3.05) is 7.11 Å². The fourth-order valence-electron chi connectivity index (χ4n) is 4.09. The molecule has 0 radical (unpaired) electrons. The Morgan fingerprint density at radius 3 is 2.26 bits per heavy atom. The minimum atomic E-state index is -1.49. The van der Waals surface area contributed by atoms with Gasteiger partial charge in [-0.1, -0.05) is 54.1 Å². The third kappa shape index (κ3) is 5.11. The Kier molecular flexibility index (Phi) is 7.02. The topological polar surface area (TPSA) is 64.3 Å². The molecule has 0 saturated carbocycles. The van der Waals surface area contributed by atoms with Crippen LogP contribution in [0.2, 0.25) is 5.02 Å². The maximum absolute atomic E-state index is 12.0. The number of aromatic nitrogens is 2. The van der Waals surface area contributed by atoms with E-state index in [1.165, 1.54) is 7.11 Å². The quantitative estimate of drug-likeness (QED) is 0.313. The molecule has 1 N–H and O–H groups in total. The molecule has 1 atom stereocenters. The Labute approximate surface area is 214 Å². The molecular formula is C28H29ClN2O3S. The number of halogens is 1. The maximum Gasteiger partial charge on any atom is 0.188 e. The van der Waals surface area contributed by atoms with Gasteiger partial charge in [-0.05, 0) is 74.7 Å². The molecule has 0 aliphatic heterocycles. The van der Waals surface area contributed by atoms with Gasteiger partial charge >= 0.3 is 0 Å². The lowest BCUT2D eigenvalue weighted by atomic mass is 9.83. The SMILES string of the molecule is COS(=O)c1cccc(-c2ccc(-n3cc(C(C)(C)O)nc3C(C)(C)c3ccccc3Cl)cc2)c1. The van der Waals surface area contributed by atoms with E-state index in [2.05, 4.69) is 13.8 Å². The predicted molar refractivity (Wildman–Crippen MR) is 141 cm³/mol. The lowest BCUT2D eigenvalue weighted by molar-refractivity contribution is 0.0741. The van der Waals surface area contributed by atoms with Gasteiger partial charge in [-0.15, -0.1) is 0 Å².